The maximum atomic E-state index is 12.3. The lowest BCUT2D eigenvalue weighted by Crippen LogP contribution is -2.37. The molecule has 23 heavy (non-hydrogen) atoms. The summed E-state index contributed by atoms with van der Waals surface area (Å²) >= 11 is 0. The van der Waals surface area contributed by atoms with Crippen molar-refractivity contribution >= 4 is 17.6 Å². The highest BCUT2D eigenvalue weighted by molar-refractivity contribution is 5.99. The van der Waals surface area contributed by atoms with Crippen LogP contribution in [0.1, 0.15) is 22.8 Å². The Morgan fingerprint density at radius 3 is 2.39 bits per heavy atom. The first-order chi connectivity index (χ1) is 10.9. The zero-order chi connectivity index (χ0) is 17.0. The summed E-state index contributed by atoms with van der Waals surface area (Å²) in [6, 6.07) is 13.7. The van der Waals surface area contributed by atoms with E-state index in [2.05, 4.69) is 0 Å². The molecule has 5 nitrogen and oxygen atoms in total. The fraction of sp³-hybridized carbons (Fsp3) is 0.222. The average molecular weight is 313 g/mol. The number of anilines is 1. The summed E-state index contributed by atoms with van der Waals surface area (Å²) in [4.78, 5) is 25.9. The second-order valence-electron chi connectivity index (χ2n) is 5.30. The number of carbonyl (C=O) groups excluding carboxylic acids is 2. The van der Waals surface area contributed by atoms with Gasteiger partial charge in [0.2, 0.25) is 0 Å². The zero-order valence-electron chi connectivity index (χ0n) is 13.3. The normalized spacial score (nSPS) is 11.6. The summed E-state index contributed by atoms with van der Waals surface area (Å²) in [5, 5.41) is 9.80. The summed E-state index contributed by atoms with van der Waals surface area (Å²) in [5.74, 6) is -1.24. The van der Waals surface area contributed by atoms with Crippen LogP contribution in [0.5, 0.6) is 5.75 Å². The number of esters is 1. The van der Waals surface area contributed by atoms with Crippen LogP contribution in [-0.2, 0) is 9.53 Å². The number of phenolic OH excluding ortho intramolecular Hbond substituents is 1. The number of hydrogen-bond acceptors (Lipinski definition) is 4. The first kappa shape index (κ1) is 16.5. The van der Waals surface area contributed by atoms with Crippen LogP contribution in [0.2, 0.25) is 0 Å². The quantitative estimate of drug-likeness (QED) is 0.881. The molecule has 5 heteroatoms. The van der Waals surface area contributed by atoms with Gasteiger partial charge in [0.25, 0.3) is 5.91 Å². The fourth-order valence-corrected chi connectivity index (χ4v) is 2.14. The minimum absolute atomic E-state index is 0.0395. The molecule has 1 atom stereocenters. The summed E-state index contributed by atoms with van der Waals surface area (Å²) < 4.78 is 5.17. The van der Waals surface area contributed by atoms with Crippen molar-refractivity contribution in [3.63, 3.8) is 0 Å². The van der Waals surface area contributed by atoms with E-state index in [9.17, 15) is 14.7 Å². The van der Waals surface area contributed by atoms with Gasteiger partial charge in [0, 0.05) is 12.7 Å². The van der Waals surface area contributed by atoms with Crippen LogP contribution in [0.3, 0.4) is 0 Å². The van der Waals surface area contributed by atoms with Crippen LogP contribution >= 0.6 is 0 Å². The Kier molecular flexibility index (Phi) is 5.01. The third-order valence-electron chi connectivity index (χ3n) is 3.48. The number of aromatic hydroxyl groups is 1. The molecule has 0 unspecified atom stereocenters. The molecule has 0 spiro atoms. The van der Waals surface area contributed by atoms with Gasteiger partial charge >= 0.3 is 5.97 Å². The smallest absolute Gasteiger partial charge is 0.342 e. The number of amides is 1. The minimum atomic E-state index is -0.964. The Bertz CT molecular complexity index is 712. The predicted octanol–water partition coefficient (Wildman–Crippen LogP) is 2.91. The SMILES string of the molecule is Cc1ccc(C(=O)O[C@H](C)C(=O)N(C)c2ccccc2)c(O)c1. The first-order valence-corrected chi connectivity index (χ1v) is 7.23. The van der Waals surface area contributed by atoms with Crippen molar-refractivity contribution in [2.45, 2.75) is 20.0 Å². The lowest BCUT2D eigenvalue weighted by molar-refractivity contribution is -0.126. The lowest BCUT2D eigenvalue weighted by atomic mass is 10.1. The van der Waals surface area contributed by atoms with Gasteiger partial charge in [-0.05, 0) is 43.7 Å². The molecule has 0 radical (unpaired) electrons. The van der Waals surface area contributed by atoms with Crippen molar-refractivity contribution in [3.05, 3.63) is 59.7 Å². The third kappa shape index (κ3) is 3.88. The van der Waals surface area contributed by atoms with Crippen LogP contribution in [0, 0.1) is 6.92 Å². The molecule has 0 fully saturated rings. The van der Waals surface area contributed by atoms with Crippen LogP contribution in [0.4, 0.5) is 5.69 Å². The molecule has 0 saturated carbocycles. The maximum Gasteiger partial charge on any atom is 0.342 e. The first-order valence-electron chi connectivity index (χ1n) is 7.23. The number of likely N-dealkylation sites (N-methyl/N-ethyl adjacent to an activating group) is 1. The molecule has 0 bridgehead atoms. The molecule has 0 aliphatic heterocycles. The maximum absolute atomic E-state index is 12.3. The Balaban J connectivity index is 2.07. The lowest BCUT2D eigenvalue weighted by Gasteiger charge is -2.21. The van der Waals surface area contributed by atoms with Gasteiger partial charge in [0.1, 0.15) is 11.3 Å². The summed E-state index contributed by atoms with van der Waals surface area (Å²) in [6.45, 7) is 3.31. The van der Waals surface area contributed by atoms with Crippen molar-refractivity contribution in [1.29, 1.82) is 0 Å². The van der Waals surface area contributed by atoms with E-state index < -0.39 is 12.1 Å². The van der Waals surface area contributed by atoms with Crippen molar-refractivity contribution in [3.8, 4) is 5.75 Å². The van der Waals surface area contributed by atoms with Crippen LogP contribution in [-0.4, -0.2) is 30.1 Å². The molecule has 0 heterocycles. The largest absolute Gasteiger partial charge is 0.507 e. The van der Waals surface area contributed by atoms with E-state index in [0.717, 1.165) is 5.56 Å². The Morgan fingerprint density at radius 1 is 1.13 bits per heavy atom. The van der Waals surface area contributed by atoms with Crippen LogP contribution in [0.25, 0.3) is 0 Å². The van der Waals surface area contributed by atoms with Crippen molar-refractivity contribution < 1.29 is 19.4 Å². The Labute approximate surface area is 135 Å². The Morgan fingerprint density at radius 2 is 1.78 bits per heavy atom. The second-order valence-corrected chi connectivity index (χ2v) is 5.30. The molecule has 1 amide bonds. The highest BCUT2D eigenvalue weighted by Gasteiger charge is 2.24. The molecule has 0 aromatic heterocycles. The molecule has 120 valence electrons. The average Bonchev–Trinajstić information content (AvgIpc) is 2.54. The number of hydrogen-bond donors (Lipinski definition) is 1. The van der Waals surface area contributed by atoms with E-state index in [4.69, 9.17) is 4.74 Å². The van der Waals surface area contributed by atoms with E-state index in [-0.39, 0.29) is 17.2 Å². The summed E-state index contributed by atoms with van der Waals surface area (Å²) in [7, 11) is 1.62. The molecule has 2 aromatic rings. The van der Waals surface area contributed by atoms with E-state index in [1.165, 1.54) is 24.0 Å². The standard InChI is InChI=1S/C18H19NO4/c1-12-9-10-15(16(20)11-12)18(22)23-13(2)17(21)19(3)14-7-5-4-6-8-14/h4-11,13,20H,1-3H3/t13-/m1/s1. The number of nitrogens with zero attached hydrogens (tertiary/aromatic N) is 1. The molecule has 0 aliphatic carbocycles. The van der Waals surface area contributed by atoms with E-state index >= 15 is 0 Å². The van der Waals surface area contributed by atoms with Gasteiger partial charge in [-0.1, -0.05) is 24.3 Å². The molecule has 2 rings (SSSR count). The molecular formula is C18H19NO4. The van der Waals surface area contributed by atoms with Gasteiger partial charge in [0.15, 0.2) is 6.10 Å². The highest BCUT2D eigenvalue weighted by Crippen LogP contribution is 2.20. The van der Waals surface area contributed by atoms with Crippen molar-refractivity contribution in [1.82, 2.24) is 0 Å². The zero-order valence-corrected chi connectivity index (χ0v) is 13.3. The molecule has 2 aromatic carbocycles. The van der Waals surface area contributed by atoms with E-state index in [1.54, 1.807) is 32.2 Å². The topological polar surface area (TPSA) is 66.8 Å². The van der Waals surface area contributed by atoms with Crippen molar-refractivity contribution in [2.75, 3.05) is 11.9 Å². The number of para-hydroxylation sites is 1. The minimum Gasteiger partial charge on any atom is -0.507 e. The predicted molar refractivity (Wildman–Crippen MR) is 87.6 cm³/mol. The summed E-state index contributed by atoms with van der Waals surface area (Å²) in [5.41, 5.74) is 1.57. The molecule has 0 saturated heterocycles. The van der Waals surface area contributed by atoms with E-state index in [1.807, 2.05) is 18.2 Å². The van der Waals surface area contributed by atoms with Gasteiger partial charge in [-0.25, -0.2) is 4.79 Å². The van der Waals surface area contributed by atoms with E-state index in [0.29, 0.717) is 5.69 Å². The Hall–Kier alpha value is -2.82. The second kappa shape index (κ2) is 6.96. The molecule has 0 aliphatic rings. The van der Waals surface area contributed by atoms with Gasteiger partial charge in [-0.2, -0.15) is 0 Å². The number of benzene rings is 2. The molecular weight excluding hydrogens is 294 g/mol. The number of carbonyl (C=O) groups is 2. The van der Waals surface area contributed by atoms with Crippen LogP contribution in [0.15, 0.2) is 48.5 Å². The van der Waals surface area contributed by atoms with Crippen LogP contribution < -0.4 is 4.90 Å². The van der Waals surface area contributed by atoms with Gasteiger partial charge in [-0.15, -0.1) is 0 Å². The summed E-state index contributed by atoms with van der Waals surface area (Å²) in [6.07, 6.45) is -0.964. The highest BCUT2D eigenvalue weighted by atomic mass is 16.5. The molecule has 1 N–H and O–H groups in total. The monoisotopic (exact) mass is 313 g/mol. The van der Waals surface area contributed by atoms with Crippen molar-refractivity contribution in [2.24, 2.45) is 0 Å². The number of ether oxygens (including phenoxy) is 1. The third-order valence-corrected chi connectivity index (χ3v) is 3.48. The van der Waals surface area contributed by atoms with Gasteiger partial charge in [0.05, 0.1) is 0 Å². The van der Waals surface area contributed by atoms with Gasteiger partial charge in [-0.3, -0.25) is 4.79 Å². The number of phenols is 1. The van der Waals surface area contributed by atoms with Gasteiger partial charge < -0.3 is 14.7 Å². The number of aryl methyl sites for hydroxylation is 1. The fourth-order valence-electron chi connectivity index (χ4n) is 2.14. The number of rotatable bonds is 4.